The number of hydrogen-bond donors (Lipinski definition) is 0. The van der Waals surface area contributed by atoms with Gasteiger partial charge in [-0.05, 0) is 111 Å². The third kappa shape index (κ3) is 6.12. The van der Waals surface area contributed by atoms with Crippen LogP contribution in [-0.2, 0) is 6.61 Å². The molecule has 6 aromatic rings. The highest BCUT2D eigenvalue weighted by atomic mass is 127. The van der Waals surface area contributed by atoms with Crippen molar-refractivity contribution in [3.63, 3.8) is 0 Å². The van der Waals surface area contributed by atoms with Gasteiger partial charge < -0.3 is 9.15 Å². The second kappa shape index (κ2) is 12.2. The lowest BCUT2D eigenvalue weighted by Gasteiger charge is -2.13. The summed E-state index contributed by atoms with van der Waals surface area (Å²) < 4.78 is 17.3. The fraction of sp³-hybridized carbons (Fsp3) is 0.0333. The van der Waals surface area contributed by atoms with Crippen LogP contribution in [-0.4, -0.2) is 15.9 Å². The molecule has 0 atom stereocenters. The van der Waals surface area contributed by atoms with E-state index in [4.69, 9.17) is 25.7 Å². The molecule has 0 aliphatic rings. The number of fused-ring (bicyclic) bond motifs is 2. The molecule has 6 rings (SSSR count). The molecule has 0 amide bonds. The van der Waals surface area contributed by atoms with Crippen LogP contribution < -0.4 is 10.3 Å². The van der Waals surface area contributed by atoms with E-state index >= 15 is 0 Å². The highest BCUT2D eigenvalue weighted by molar-refractivity contribution is 14.1. The molecule has 0 unspecified atom stereocenters. The second-order valence-corrected chi connectivity index (χ2v) is 13.5. The predicted octanol–water partition coefficient (Wildman–Crippen LogP) is 9.66. The summed E-state index contributed by atoms with van der Waals surface area (Å²) >= 11 is 17.7. The molecule has 2 aromatic heterocycles. The van der Waals surface area contributed by atoms with Crippen LogP contribution in [0.2, 0.25) is 5.02 Å². The van der Waals surface area contributed by atoms with E-state index in [2.05, 4.69) is 82.1 Å². The van der Waals surface area contributed by atoms with Gasteiger partial charge in [0.15, 0.2) is 5.76 Å². The number of furan rings is 1. The lowest BCUT2D eigenvalue weighted by Crippen LogP contribution is -2.20. The molecule has 204 valence electrons. The minimum absolute atomic E-state index is 0.293. The molecule has 41 heavy (non-hydrogen) atoms. The third-order valence-electron chi connectivity index (χ3n) is 6.18. The van der Waals surface area contributed by atoms with Gasteiger partial charge in [-0.15, -0.1) is 0 Å². The van der Waals surface area contributed by atoms with Crippen molar-refractivity contribution in [3.05, 3.63) is 121 Å². The molecule has 0 aliphatic heterocycles. The number of benzene rings is 4. The van der Waals surface area contributed by atoms with Gasteiger partial charge in [-0.2, -0.15) is 9.78 Å². The van der Waals surface area contributed by atoms with Gasteiger partial charge in [0.2, 0.25) is 5.82 Å². The zero-order valence-corrected chi connectivity index (χ0v) is 29.0. The SMILES string of the molecule is O=c1c2ccccc2nc(-c2cc3cc(Cl)ccc3o2)n1N=Cc1cc(I)c(OCc2ccc(Br)cc2Br)c(I)c1. The van der Waals surface area contributed by atoms with Crippen molar-refractivity contribution in [2.45, 2.75) is 6.61 Å². The van der Waals surface area contributed by atoms with E-state index < -0.39 is 0 Å². The summed E-state index contributed by atoms with van der Waals surface area (Å²) in [6.07, 6.45) is 1.64. The normalized spacial score (nSPS) is 11.6. The number of para-hydroxylation sites is 1. The molecule has 0 saturated carbocycles. The van der Waals surface area contributed by atoms with Crippen LogP contribution in [0.3, 0.4) is 0 Å². The Morgan fingerprint density at radius 2 is 1.78 bits per heavy atom. The first-order chi connectivity index (χ1) is 19.8. The first kappa shape index (κ1) is 28.8. The van der Waals surface area contributed by atoms with Gasteiger partial charge in [0, 0.05) is 24.9 Å². The van der Waals surface area contributed by atoms with Crippen molar-refractivity contribution in [1.29, 1.82) is 0 Å². The van der Waals surface area contributed by atoms with Crippen LogP contribution in [0.1, 0.15) is 11.1 Å². The number of nitrogens with zero attached hydrogens (tertiary/aromatic N) is 3. The standard InChI is InChI=1S/C30H16Br2ClI2N3O3/c31-19-6-5-17(22(32)13-19)15-40-28-23(34)9-16(10-24(28)35)14-36-38-29(37-25-4-2-1-3-21(25)30(38)39)27-12-18-11-20(33)7-8-26(18)41-27/h1-14H,15H2. The Morgan fingerprint density at radius 3 is 2.56 bits per heavy atom. The molecule has 4 aromatic carbocycles. The second-order valence-electron chi connectivity index (χ2n) is 8.94. The Morgan fingerprint density at radius 1 is 1.00 bits per heavy atom. The van der Waals surface area contributed by atoms with Crippen molar-refractivity contribution in [2.75, 3.05) is 0 Å². The largest absolute Gasteiger partial charge is 0.487 e. The molecule has 0 bridgehead atoms. The number of rotatable bonds is 6. The summed E-state index contributed by atoms with van der Waals surface area (Å²) in [5.74, 6) is 1.49. The molecule has 0 radical (unpaired) electrons. The minimum Gasteiger partial charge on any atom is -0.487 e. The topological polar surface area (TPSA) is 69.6 Å². The van der Waals surface area contributed by atoms with E-state index in [1.807, 2.05) is 42.5 Å². The summed E-state index contributed by atoms with van der Waals surface area (Å²) in [6.45, 7) is 0.414. The average molecular weight is 916 g/mol. The van der Waals surface area contributed by atoms with Gasteiger partial charge in [0.05, 0.1) is 24.3 Å². The fourth-order valence-electron chi connectivity index (χ4n) is 4.22. The monoisotopic (exact) mass is 913 g/mol. The molecule has 0 N–H and O–H groups in total. The van der Waals surface area contributed by atoms with E-state index in [1.165, 1.54) is 4.68 Å². The van der Waals surface area contributed by atoms with E-state index in [-0.39, 0.29) is 5.56 Å². The Balaban J connectivity index is 1.37. The van der Waals surface area contributed by atoms with Crippen LogP contribution in [0, 0.1) is 7.14 Å². The van der Waals surface area contributed by atoms with Crippen molar-refractivity contribution in [2.24, 2.45) is 5.10 Å². The number of aromatic nitrogens is 2. The third-order valence-corrected chi connectivity index (χ3v) is 9.25. The zero-order chi connectivity index (χ0) is 28.7. The zero-order valence-electron chi connectivity index (χ0n) is 20.7. The van der Waals surface area contributed by atoms with Gasteiger partial charge in [0.1, 0.15) is 17.9 Å². The highest BCUT2D eigenvalue weighted by Gasteiger charge is 2.17. The molecular formula is C30H16Br2ClI2N3O3. The molecule has 0 saturated heterocycles. The minimum atomic E-state index is -0.301. The maximum atomic E-state index is 13.6. The summed E-state index contributed by atoms with van der Waals surface area (Å²) in [6, 6.07) is 24.2. The molecule has 0 spiro atoms. The van der Waals surface area contributed by atoms with E-state index in [0.717, 1.165) is 38.3 Å². The first-order valence-electron chi connectivity index (χ1n) is 12.1. The fourth-order valence-corrected chi connectivity index (χ4v) is 7.69. The highest BCUT2D eigenvalue weighted by Crippen LogP contribution is 2.32. The van der Waals surface area contributed by atoms with Crippen molar-refractivity contribution in [3.8, 4) is 17.3 Å². The molecule has 2 heterocycles. The maximum absolute atomic E-state index is 13.6. The molecule has 6 nitrogen and oxygen atoms in total. The van der Waals surface area contributed by atoms with E-state index in [1.54, 1.807) is 42.6 Å². The lowest BCUT2D eigenvalue weighted by molar-refractivity contribution is 0.301. The Bertz CT molecular complexity index is 2040. The van der Waals surface area contributed by atoms with Gasteiger partial charge in [-0.1, -0.05) is 61.7 Å². The Labute approximate surface area is 283 Å². The number of ether oxygens (including phenoxy) is 1. The Hall–Kier alpha value is -2.26. The van der Waals surface area contributed by atoms with Crippen LogP contribution in [0.25, 0.3) is 33.5 Å². The van der Waals surface area contributed by atoms with Crippen LogP contribution >= 0.6 is 88.6 Å². The van der Waals surface area contributed by atoms with Crippen LogP contribution in [0.15, 0.2) is 102 Å². The average Bonchev–Trinajstić information content (AvgIpc) is 3.36. The van der Waals surface area contributed by atoms with E-state index in [9.17, 15) is 4.79 Å². The van der Waals surface area contributed by atoms with E-state index in [0.29, 0.717) is 39.7 Å². The number of hydrogen-bond acceptors (Lipinski definition) is 5. The van der Waals surface area contributed by atoms with Crippen molar-refractivity contribution < 1.29 is 9.15 Å². The summed E-state index contributed by atoms with van der Waals surface area (Å²) in [7, 11) is 0. The van der Waals surface area contributed by atoms with Gasteiger partial charge in [0.25, 0.3) is 5.56 Å². The van der Waals surface area contributed by atoms with Gasteiger partial charge in [-0.25, -0.2) is 4.98 Å². The summed E-state index contributed by atoms with van der Waals surface area (Å²) in [5.41, 5.74) is 2.73. The smallest absolute Gasteiger partial charge is 0.282 e. The molecule has 0 fully saturated rings. The molecule has 0 aliphatic carbocycles. The van der Waals surface area contributed by atoms with Gasteiger partial charge in [-0.3, -0.25) is 4.79 Å². The maximum Gasteiger partial charge on any atom is 0.282 e. The van der Waals surface area contributed by atoms with Crippen molar-refractivity contribution >= 4 is 117 Å². The summed E-state index contributed by atoms with van der Waals surface area (Å²) in [4.78, 5) is 18.3. The Kier molecular flexibility index (Phi) is 8.55. The van der Waals surface area contributed by atoms with Gasteiger partial charge >= 0.3 is 0 Å². The quantitative estimate of drug-likeness (QED) is 0.123. The molecule has 11 heteroatoms. The van der Waals surface area contributed by atoms with Crippen LogP contribution in [0.4, 0.5) is 0 Å². The number of halogens is 5. The van der Waals surface area contributed by atoms with Crippen molar-refractivity contribution in [1.82, 2.24) is 9.66 Å². The first-order valence-corrected chi connectivity index (χ1v) is 16.2. The summed E-state index contributed by atoms with van der Waals surface area (Å²) in [5, 5.41) is 6.44. The lowest BCUT2D eigenvalue weighted by atomic mass is 10.2. The van der Waals surface area contributed by atoms with Crippen LogP contribution in [0.5, 0.6) is 5.75 Å². The molecular weight excluding hydrogens is 899 g/mol. The predicted molar refractivity (Wildman–Crippen MR) is 187 cm³/mol.